The normalized spacial score (nSPS) is 11.7. The topological polar surface area (TPSA) is 116 Å². The zero-order valence-corrected chi connectivity index (χ0v) is 23.3. The maximum absolute atomic E-state index is 10.9. The van der Waals surface area contributed by atoms with Gasteiger partial charge in [0.25, 0.3) is 0 Å². The smallest absolute Gasteiger partial charge is 0.303 e. The van der Waals surface area contributed by atoms with Gasteiger partial charge >= 0.3 is 7.82 Å². The van der Waals surface area contributed by atoms with Crippen molar-refractivity contribution in [3.05, 3.63) is 0 Å². The van der Waals surface area contributed by atoms with Gasteiger partial charge in [0.15, 0.2) is 0 Å². The van der Waals surface area contributed by atoms with E-state index in [9.17, 15) is 9.36 Å². The number of rotatable bonds is 28. The van der Waals surface area contributed by atoms with Crippen molar-refractivity contribution in [2.45, 2.75) is 161 Å². The molecule has 7 nitrogen and oxygen atoms in total. The van der Waals surface area contributed by atoms with Crippen LogP contribution in [0.15, 0.2) is 0 Å². The van der Waals surface area contributed by atoms with Crippen LogP contribution in [0.3, 0.4) is 0 Å². The van der Waals surface area contributed by atoms with E-state index < -0.39 is 7.82 Å². The molecular formula is C27H56NO6P. The number of unbranched alkanes of at least 4 members (excludes halogenated alkanes) is 23. The van der Waals surface area contributed by atoms with Gasteiger partial charge < -0.3 is 9.79 Å². The predicted octanol–water partition coefficient (Wildman–Crippen LogP) is 8.35. The van der Waals surface area contributed by atoms with E-state index in [1.807, 2.05) is 0 Å². The molecule has 210 valence electrons. The summed E-state index contributed by atoms with van der Waals surface area (Å²) >= 11 is 0. The molecule has 0 rings (SSSR count). The molecule has 0 radical (unpaired) electrons. The van der Waals surface area contributed by atoms with Crippen LogP contribution >= 0.6 is 7.82 Å². The first-order valence-corrected chi connectivity index (χ1v) is 16.1. The fourth-order valence-electron chi connectivity index (χ4n) is 4.52. The first-order chi connectivity index (χ1) is 17.0. The van der Waals surface area contributed by atoms with Crippen molar-refractivity contribution >= 4 is 13.7 Å². The molecule has 0 saturated heterocycles. The minimum absolute atomic E-state index is 0.157. The minimum atomic E-state index is -4.28. The highest BCUT2D eigenvalue weighted by Gasteiger charge is 2.12. The largest absolute Gasteiger partial charge is 0.469 e. The molecule has 0 aromatic carbocycles. The van der Waals surface area contributed by atoms with Crippen LogP contribution in [0.2, 0.25) is 0 Å². The van der Waals surface area contributed by atoms with E-state index in [4.69, 9.17) is 15.0 Å². The quantitative estimate of drug-likeness (QED) is 0.0356. The van der Waals surface area contributed by atoms with Gasteiger partial charge in [-0.2, -0.15) is 0 Å². The Bertz CT molecular complexity index is 500. The average Bonchev–Trinajstić information content (AvgIpc) is 2.82. The van der Waals surface area contributed by atoms with E-state index >= 15 is 0 Å². The second-order valence-electron chi connectivity index (χ2n) is 10.1. The maximum Gasteiger partial charge on any atom is 0.469 e. The van der Waals surface area contributed by atoms with Crippen LogP contribution in [0.4, 0.5) is 0 Å². The molecule has 0 fully saturated rings. The van der Waals surface area contributed by atoms with Crippen LogP contribution in [0.25, 0.3) is 0 Å². The molecule has 0 spiro atoms. The second-order valence-corrected chi connectivity index (χ2v) is 11.3. The molecule has 4 N–H and O–H groups in total. The Balaban J connectivity index is 3.06. The van der Waals surface area contributed by atoms with Crippen LogP contribution in [0.5, 0.6) is 0 Å². The van der Waals surface area contributed by atoms with E-state index in [1.54, 1.807) is 5.48 Å². The van der Waals surface area contributed by atoms with E-state index in [1.165, 1.54) is 122 Å². The second kappa shape index (κ2) is 26.6. The molecule has 0 saturated carbocycles. The third kappa shape index (κ3) is 31.5. The molecule has 0 aliphatic heterocycles. The summed E-state index contributed by atoms with van der Waals surface area (Å²) in [5, 5.41) is 8.43. The van der Waals surface area contributed by atoms with Crippen molar-refractivity contribution in [2.75, 3.05) is 6.61 Å². The maximum atomic E-state index is 10.9. The third-order valence-corrected chi connectivity index (χ3v) is 7.20. The van der Waals surface area contributed by atoms with Crippen molar-refractivity contribution < 1.29 is 28.9 Å². The Labute approximate surface area is 215 Å². The lowest BCUT2D eigenvalue weighted by Gasteiger charge is -2.05. The number of phosphoric ester groups is 1. The highest BCUT2D eigenvalue weighted by molar-refractivity contribution is 7.46. The Hall–Kier alpha value is -0.460. The summed E-state index contributed by atoms with van der Waals surface area (Å²) < 4.78 is 15.0. The minimum Gasteiger partial charge on any atom is -0.303 e. The van der Waals surface area contributed by atoms with Gasteiger partial charge in [0.1, 0.15) is 0 Å². The van der Waals surface area contributed by atoms with Gasteiger partial charge in [0.05, 0.1) is 6.61 Å². The molecular weight excluding hydrogens is 465 g/mol. The number of amides is 1. The number of carbonyl (C=O) groups excluding carboxylic acids is 1. The van der Waals surface area contributed by atoms with Crippen molar-refractivity contribution in [3.63, 3.8) is 0 Å². The Morgan fingerprint density at radius 1 is 0.514 bits per heavy atom. The molecule has 0 atom stereocenters. The summed E-state index contributed by atoms with van der Waals surface area (Å²) in [6, 6.07) is 0. The van der Waals surface area contributed by atoms with E-state index in [2.05, 4.69) is 4.52 Å². The number of carbonyl (C=O) groups is 1. The lowest BCUT2D eigenvalue weighted by atomic mass is 10.0. The zero-order valence-electron chi connectivity index (χ0n) is 22.4. The molecule has 0 aliphatic carbocycles. The summed E-state index contributed by atoms with van der Waals surface area (Å²) in [5.74, 6) is -0.272. The molecule has 0 heterocycles. The SMILES string of the molecule is O=C(CCCCCCCCCCCCCCCCCCCCCCCCCCOP(=O)(O)O)NO. The summed E-state index contributed by atoms with van der Waals surface area (Å²) in [6.07, 6.45) is 30.7. The van der Waals surface area contributed by atoms with Crippen molar-refractivity contribution in [2.24, 2.45) is 0 Å². The van der Waals surface area contributed by atoms with E-state index in [0.29, 0.717) is 6.42 Å². The Morgan fingerprint density at radius 3 is 1.03 bits per heavy atom. The van der Waals surface area contributed by atoms with Gasteiger partial charge in [-0.05, 0) is 12.8 Å². The average molecular weight is 522 g/mol. The van der Waals surface area contributed by atoms with Crippen molar-refractivity contribution in [1.82, 2.24) is 5.48 Å². The van der Waals surface area contributed by atoms with Crippen LogP contribution < -0.4 is 5.48 Å². The number of hydroxylamine groups is 1. The highest BCUT2D eigenvalue weighted by atomic mass is 31.2. The lowest BCUT2D eigenvalue weighted by Crippen LogP contribution is -2.17. The molecule has 0 unspecified atom stereocenters. The van der Waals surface area contributed by atoms with Crippen LogP contribution in [0, 0.1) is 0 Å². The first kappa shape index (κ1) is 34.5. The van der Waals surface area contributed by atoms with Crippen molar-refractivity contribution in [1.29, 1.82) is 0 Å². The lowest BCUT2D eigenvalue weighted by molar-refractivity contribution is -0.129. The van der Waals surface area contributed by atoms with Gasteiger partial charge in [0, 0.05) is 6.42 Å². The fraction of sp³-hybridized carbons (Fsp3) is 0.963. The Morgan fingerprint density at radius 2 is 0.771 bits per heavy atom. The number of nitrogens with one attached hydrogen (secondary N) is 1. The molecule has 0 aromatic rings. The summed E-state index contributed by atoms with van der Waals surface area (Å²) in [4.78, 5) is 28.1. The van der Waals surface area contributed by atoms with Crippen LogP contribution in [-0.2, 0) is 13.9 Å². The Kier molecular flexibility index (Phi) is 26.2. The van der Waals surface area contributed by atoms with Gasteiger partial charge in [-0.25, -0.2) is 10.0 Å². The predicted molar refractivity (Wildman–Crippen MR) is 143 cm³/mol. The summed E-state index contributed by atoms with van der Waals surface area (Å²) in [6.45, 7) is 0.157. The van der Waals surface area contributed by atoms with Gasteiger partial charge in [-0.1, -0.05) is 141 Å². The van der Waals surface area contributed by atoms with Gasteiger partial charge in [0.2, 0.25) is 5.91 Å². The molecule has 0 aromatic heterocycles. The molecule has 35 heavy (non-hydrogen) atoms. The monoisotopic (exact) mass is 521 g/mol. The van der Waals surface area contributed by atoms with E-state index in [0.717, 1.165) is 32.1 Å². The molecule has 0 bridgehead atoms. The first-order valence-electron chi connectivity index (χ1n) is 14.6. The number of hydrogen-bond acceptors (Lipinski definition) is 4. The van der Waals surface area contributed by atoms with Gasteiger partial charge in [-0.3, -0.25) is 14.5 Å². The van der Waals surface area contributed by atoms with Crippen LogP contribution in [0.1, 0.15) is 161 Å². The molecule has 0 aliphatic rings. The summed E-state index contributed by atoms with van der Waals surface area (Å²) in [5.41, 5.74) is 1.68. The molecule has 1 amide bonds. The fourth-order valence-corrected chi connectivity index (χ4v) is 4.88. The summed E-state index contributed by atoms with van der Waals surface area (Å²) in [7, 11) is -4.28. The van der Waals surface area contributed by atoms with Crippen LogP contribution in [-0.4, -0.2) is 27.5 Å². The number of phosphoric acid groups is 1. The molecule has 8 heteroatoms. The standard InChI is InChI=1S/C27H56NO6P/c29-27(28-30)25-23-21-19-17-15-13-11-9-7-5-3-1-2-4-6-8-10-12-14-16-18-20-22-24-26-34-35(31,32)33/h30H,1-26H2,(H,28,29)(H2,31,32,33). The van der Waals surface area contributed by atoms with E-state index in [-0.39, 0.29) is 12.5 Å². The zero-order chi connectivity index (χ0) is 25.9. The van der Waals surface area contributed by atoms with Gasteiger partial charge in [-0.15, -0.1) is 0 Å². The van der Waals surface area contributed by atoms with Crippen molar-refractivity contribution in [3.8, 4) is 0 Å². The number of hydrogen-bond donors (Lipinski definition) is 4. The highest BCUT2D eigenvalue weighted by Crippen LogP contribution is 2.35. The third-order valence-electron chi connectivity index (χ3n) is 6.68.